The first-order valence-electron chi connectivity index (χ1n) is 8.79. The number of nitrogens with two attached hydrogens (primary N) is 1. The van der Waals surface area contributed by atoms with E-state index >= 15 is 0 Å². The van der Waals surface area contributed by atoms with Crippen LogP contribution < -0.4 is 5.73 Å². The van der Waals surface area contributed by atoms with Gasteiger partial charge in [-0.3, -0.25) is 4.79 Å². The van der Waals surface area contributed by atoms with Gasteiger partial charge in [-0.05, 0) is 18.1 Å². The smallest absolute Gasteiger partial charge is 0.304 e. The van der Waals surface area contributed by atoms with Gasteiger partial charge in [0.25, 0.3) is 0 Å². The van der Waals surface area contributed by atoms with Crippen LogP contribution in [0.25, 0.3) is 0 Å². The molecule has 10 heteroatoms. The molecule has 142 valence electrons. The van der Waals surface area contributed by atoms with E-state index in [1.165, 1.54) is 15.7 Å². The Morgan fingerprint density at radius 2 is 1.75 bits per heavy atom. The van der Waals surface area contributed by atoms with Crippen molar-refractivity contribution in [3.8, 4) is 0 Å². The van der Waals surface area contributed by atoms with Crippen molar-refractivity contribution in [1.29, 1.82) is 0 Å². The molecule has 2 N–H and O–H groups in total. The van der Waals surface area contributed by atoms with E-state index in [-0.39, 0.29) is 5.88 Å². The highest BCUT2D eigenvalue weighted by Gasteiger charge is 2.50. The molecular formula is C18H20B3NO5S. The van der Waals surface area contributed by atoms with Crippen LogP contribution in [0.3, 0.4) is 0 Å². The number of carbonyl (C=O) groups is 1. The SMILES string of the molecule is BC(B)(c1ccccc1)S(=O)(=O)OC1=C(N)O[C@@](B)(c2cccc(C)c2)C1=O. The van der Waals surface area contributed by atoms with Gasteiger partial charge >= 0.3 is 10.1 Å². The molecule has 3 rings (SSSR count). The monoisotopic (exact) mass is 395 g/mol. The zero-order chi connectivity index (χ0) is 20.7. The molecule has 0 bridgehead atoms. The fourth-order valence-corrected chi connectivity index (χ4v) is 4.06. The zero-order valence-electron chi connectivity index (χ0n) is 16.2. The van der Waals surface area contributed by atoms with E-state index in [9.17, 15) is 13.2 Å². The van der Waals surface area contributed by atoms with Crippen LogP contribution in [0.1, 0.15) is 16.7 Å². The summed E-state index contributed by atoms with van der Waals surface area (Å²) >= 11 is 0. The van der Waals surface area contributed by atoms with Gasteiger partial charge in [-0.2, -0.15) is 8.42 Å². The summed E-state index contributed by atoms with van der Waals surface area (Å²) in [6, 6.07) is 15.8. The summed E-state index contributed by atoms with van der Waals surface area (Å²) in [6.07, 6.45) is 0. The molecule has 0 amide bonds. The van der Waals surface area contributed by atoms with Gasteiger partial charge in [-0.1, -0.05) is 60.2 Å². The molecule has 1 heterocycles. The average Bonchev–Trinajstić information content (AvgIpc) is 2.86. The number of ether oxygens (including phenoxy) is 1. The Kier molecular flexibility index (Phi) is 4.87. The molecule has 2 aromatic rings. The summed E-state index contributed by atoms with van der Waals surface area (Å²) in [5, 5.41) is 0. The summed E-state index contributed by atoms with van der Waals surface area (Å²) in [5.41, 5.74) is 6.44. The topological polar surface area (TPSA) is 95.7 Å². The van der Waals surface area contributed by atoms with Gasteiger partial charge in [0.15, 0.2) is 13.3 Å². The molecule has 0 unspecified atom stereocenters. The van der Waals surface area contributed by atoms with E-state index in [0.29, 0.717) is 11.1 Å². The number of benzene rings is 2. The minimum Gasteiger partial charge on any atom is -0.467 e. The lowest BCUT2D eigenvalue weighted by atomic mass is 9.65. The minimum absolute atomic E-state index is 0.346. The molecular weight excluding hydrogens is 375 g/mol. The fourth-order valence-electron chi connectivity index (χ4n) is 3.05. The normalized spacial score (nSPS) is 20.1. The Morgan fingerprint density at radius 3 is 2.36 bits per heavy atom. The van der Waals surface area contributed by atoms with Crippen molar-refractivity contribution in [1.82, 2.24) is 0 Å². The van der Waals surface area contributed by atoms with Crippen LogP contribution in [0.5, 0.6) is 0 Å². The lowest BCUT2D eigenvalue weighted by Gasteiger charge is -2.26. The van der Waals surface area contributed by atoms with Crippen molar-refractivity contribution in [3.05, 3.63) is 82.9 Å². The first kappa shape index (κ1) is 20.1. The number of hydrogen-bond acceptors (Lipinski definition) is 6. The molecule has 0 spiro atoms. The minimum atomic E-state index is -4.24. The predicted molar refractivity (Wildman–Crippen MR) is 114 cm³/mol. The number of rotatable bonds is 5. The van der Waals surface area contributed by atoms with E-state index in [1.807, 2.05) is 13.0 Å². The number of carbonyl (C=O) groups excluding carboxylic acids is 1. The Hall–Kier alpha value is -2.61. The number of hydrogen-bond donors (Lipinski definition) is 1. The fraction of sp³-hybridized carbons (Fsp3) is 0.167. The highest BCUT2D eigenvalue weighted by molar-refractivity contribution is 7.90. The molecule has 0 saturated heterocycles. The Labute approximate surface area is 167 Å². The molecule has 0 fully saturated rings. The van der Waals surface area contributed by atoms with Crippen LogP contribution in [0.4, 0.5) is 0 Å². The van der Waals surface area contributed by atoms with Crippen molar-refractivity contribution in [3.63, 3.8) is 0 Å². The first-order valence-corrected chi connectivity index (χ1v) is 10.2. The maximum Gasteiger partial charge on any atom is 0.304 e. The van der Waals surface area contributed by atoms with Crippen molar-refractivity contribution in [2.45, 2.75) is 17.0 Å². The van der Waals surface area contributed by atoms with Gasteiger partial charge in [0.05, 0.1) is 4.55 Å². The summed E-state index contributed by atoms with van der Waals surface area (Å²) in [5.74, 6) is -1.47. The summed E-state index contributed by atoms with van der Waals surface area (Å²) in [4.78, 5) is 13.0. The molecule has 0 aromatic heterocycles. The second-order valence-electron chi connectivity index (χ2n) is 7.44. The van der Waals surface area contributed by atoms with Gasteiger partial charge in [0, 0.05) is 0 Å². The van der Waals surface area contributed by atoms with Gasteiger partial charge < -0.3 is 14.7 Å². The van der Waals surface area contributed by atoms with E-state index < -0.39 is 31.7 Å². The lowest BCUT2D eigenvalue weighted by Crippen LogP contribution is -2.40. The Morgan fingerprint density at radius 1 is 1.11 bits per heavy atom. The van der Waals surface area contributed by atoms with Crippen molar-refractivity contribution in [2.75, 3.05) is 0 Å². The maximum absolute atomic E-state index is 13.0. The third kappa shape index (κ3) is 3.22. The molecule has 1 aliphatic heterocycles. The first-order chi connectivity index (χ1) is 13.0. The standard InChI is InChI=1S/C18H20B3NO5S/c1-11-6-5-9-13(10-11)17(19)15(23)14(16(22)26-17)27-28(24,25)18(20,21)12-7-3-2-4-8-12/h2-10H,19-22H2,1H3/t17-/m0/s1. The second-order valence-corrected chi connectivity index (χ2v) is 9.54. The number of Topliss-reactive ketones (excluding diaryl/α,β-unsaturated/α-hetero) is 1. The summed E-state index contributed by atoms with van der Waals surface area (Å²) < 4.78 is 35.4. The number of ketones is 1. The van der Waals surface area contributed by atoms with E-state index in [1.54, 1.807) is 56.4 Å². The summed E-state index contributed by atoms with van der Waals surface area (Å²) in [7, 11) is 0.319. The number of aryl methyl sites for hydroxylation is 1. The van der Waals surface area contributed by atoms with Crippen LogP contribution in [0, 0.1) is 6.92 Å². The van der Waals surface area contributed by atoms with Gasteiger partial charge in [0.2, 0.25) is 17.4 Å². The maximum atomic E-state index is 13.0. The highest BCUT2D eigenvalue weighted by Crippen LogP contribution is 2.38. The van der Waals surface area contributed by atoms with Gasteiger partial charge in [-0.25, -0.2) is 0 Å². The molecule has 1 aliphatic rings. The molecule has 6 nitrogen and oxygen atoms in total. The predicted octanol–water partition coefficient (Wildman–Crippen LogP) is -1.07. The van der Waals surface area contributed by atoms with Crippen molar-refractivity contribution >= 4 is 39.4 Å². The van der Waals surface area contributed by atoms with Crippen LogP contribution in [0.2, 0.25) is 0 Å². The zero-order valence-corrected chi connectivity index (χ0v) is 17.0. The van der Waals surface area contributed by atoms with Crippen LogP contribution in [0.15, 0.2) is 66.2 Å². The van der Waals surface area contributed by atoms with E-state index in [2.05, 4.69) is 0 Å². The molecule has 1 atom stereocenters. The Balaban J connectivity index is 1.94. The van der Waals surface area contributed by atoms with Gasteiger partial charge in [-0.15, -0.1) is 0 Å². The average molecular weight is 395 g/mol. The van der Waals surface area contributed by atoms with Gasteiger partial charge in [0.1, 0.15) is 15.7 Å². The van der Waals surface area contributed by atoms with Crippen LogP contribution in [-0.4, -0.2) is 37.7 Å². The Bertz CT molecular complexity index is 1070. The quantitative estimate of drug-likeness (QED) is 0.512. The lowest BCUT2D eigenvalue weighted by molar-refractivity contribution is -0.126. The van der Waals surface area contributed by atoms with Crippen molar-refractivity contribution in [2.24, 2.45) is 5.73 Å². The van der Waals surface area contributed by atoms with E-state index in [4.69, 9.17) is 14.7 Å². The third-order valence-corrected chi connectivity index (χ3v) is 6.91. The van der Waals surface area contributed by atoms with Crippen LogP contribution in [-0.2, 0) is 33.9 Å². The third-order valence-electron chi connectivity index (χ3n) is 5.03. The molecule has 28 heavy (non-hydrogen) atoms. The summed E-state index contributed by atoms with van der Waals surface area (Å²) in [6.45, 7) is 1.88. The molecule has 2 aromatic carbocycles. The largest absolute Gasteiger partial charge is 0.467 e. The molecule has 0 radical (unpaired) electrons. The van der Waals surface area contributed by atoms with Crippen LogP contribution >= 0.6 is 0 Å². The van der Waals surface area contributed by atoms with Crippen molar-refractivity contribution < 1.29 is 22.1 Å². The highest BCUT2D eigenvalue weighted by atomic mass is 32.2. The molecule has 0 saturated carbocycles. The molecule has 0 aliphatic carbocycles. The second kappa shape index (κ2) is 6.77. The van der Waals surface area contributed by atoms with E-state index in [0.717, 1.165) is 5.56 Å².